The lowest BCUT2D eigenvalue weighted by Gasteiger charge is -2.03. The molecule has 0 unspecified atom stereocenters. The average molecular weight is 183 g/mol. The molecule has 0 atom stereocenters. The van der Waals surface area contributed by atoms with E-state index in [-0.39, 0.29) is 11.4 Å². The van der Waals surface area contributed by atoms with Crippen molar-refractivity contribution in [3.63, 3.8) is 0 Å². The SMILES string of the molecule is CCn1cc(C(=O)O)c(N)nc1=O. The van der Waals surface area contributed by atoms with Crippen molar-refractivity contribution in [1.29, 1.82) is 0 Å². The lowest BCUT2D eigenvalue weighted by Crippen LogP contribution is -2.25. The molecule has 70 valence electrons. The number of hydrogen-bond donors (Lipinski definition) is 2. The molecule has 0 aromatic carbocycles. The summed E-state index contributed by atoms with van der Waals surface area (Å²) in [4.78, 5) is 25.0. The summed E-state index contributed by atoms with van der Waals surface area (Å²) in [6.07, 6.45) is 1.19. The number of anilines is 1. The smallest absolute Gasteiger partial charge is 0.349 e. The molecule has 0 radical (unpaired) electrons. The summed E-state index contributed by atoms with van der Waals surface area (Å²) in [7, 11) is 0. The maximum absolute atomic E-state index is 11.0. The van der Waals surface area contributed by atoms with Crippen LogP contribution in [0.25, 0.3) is 0 Å². The second-order valence-corrected chi connectivity index (χ2v) is 2.41. The van der Waals surface area contributed by atoms with E-state index in [1.54, 1.807) is 6.92 Å². The van der Waals surface area contributed by atoms with Gasteiger partial charge in [0.15, 0.2) is 0 Å². The average Bonchev–Trinajstić information content (AvgIpc) is 2.03. The van der Waals surface area contributed by atoms with E-state index in [1.165, 1.54) is 10.8 Å². The van der Waals surface area contributed by atoms with Gasteiger partial charge in [-0.05, 0) is 6.92 Å². The van der Waals surface area contributed by atoms with Crippen molar-refractivity contribution >= 4 is 11.8 Å². The first kappa shape index (κ1) is 9.24. The third kappa shape index (κ3) is 1.66. The molecule has 6 heteroatoms. The zero-order valence-electron chi connectivity index (χ0n) is 7.02. The standard InChI is InChI=1S/C7H9N3O3/c1-2-10-3-4(6(11)12)5(8)9-7(10)13/h3H,2H2,1H3,(H,11,12)(H2,8,9,13). The Morgan fingerprint density at radius 1 is 1.77 bits per heavy atom. The van der Waals surface area contributed by atoms with Crippen molar-refractivity contribution in [3.8, 4) is 0 Å². The number of rotatable bonds is 2. The van der Waals surface area contributed by atoms with E-state index in [2.05, 4.69) is 4.98 Å². The first-order valence-electron chi connectivity index (χ1n) is 3.66. The van der Waals surface area contributed by atoms with Gasteiger partial charge in [-0.1, -0.05) is 0 Å². The van der Waals surface area contributed by atoms with Gasteiger partial charge in [-0.15, -0.1) is 0 Å². The summed E-state index contributed by atoms with van der Waals surface area (Å²) in [5.41, 5.74) is 4.55. The van der Waals surface area contributed by atoms with Gasteiger partial charge >= 0.3 is 11.7 Å². The molecule has 0 saturated heterocycles. The summed E-state index contributed by atoms with van der Waals surface area (Å²) in [5, 5.41) is 8.64. The van der Waals surface area contributed by atoms with Crippen LogP contribution in [-0.2, 0) is 6.54 Å². The minimum Gasteiger partial charge on any atom is -0.478 e. The van der Waals surface area contributed by atoms with Crippen LogP contribution in [0, 0.1) is 0 Å². The number of aromatic nitrogens is 2. The van der Waals surface area contributed by atoms with Gasteiger partial charge in [0.2, 0.25) is 0 Å². The van der Waals surface area contributed by atoms with Gasteiger partial charge in [0.1, 0.15) is 11.4 Å². The van der Waals surface area contributed by atoms with Crippen molar-refractivity contribution in [2.75, 3.05) is 5.73 Å². The zero-order valence-corrected chi connectivity index (χ0v) is 7.02. The van der Waals surface area contributed by atoms with Gasteiger partial charge in [-0.25, -0.2) is 9.59 Å². The van der Waals surface area contributed by atoms with Crippen molar-refractivity contribution in [2.24, 2.45) is 0 Å². The second-order valence-electron chi connectivity index (χ2n) is 2.41. The number of hydrogen-bond acceptors (Lipinski definition) is 4. The largest absolute Gasteiger partial charge is 0.478 e. The molecule has 0 amide bonds. The molecular weight excluding hydrogens is 174 g/mol. The Hall–Kier alpha value is -1.85. The molecule has 0 fully saturated rings. The van der Waals surface area contributed by atoms with E-state index in [1.807, 2.05) is 0 Å². The molecule has 3 N–H and O–H groups in total. The molecule has 1 rings (SSSR count). The fourth-order valence-corrected chi connectivity index (χ4v) is 0.896. The highest BCUT2D eigenvalue weighted by Crippen LogP contribution is 2.03. The van der Waals surface area contributed by atoms with Crippen molar-refractivity contribution < 1.29 is 9.90 Å². The number of carboxylic acid groups (broad SMARTS) is 1. The molecule has 1 aromatic heterocycles. The van der Waals surface area contributed by atoms with Crippen LogP contribution in [0.5, 0.6) is 0 Å². The molecule has 0 bridgehead atoms. The van der Waals surface area contributed by atoms with Gasteiger partial charge in [-0.2, -0.15) is 4.98 Å². The number of nitrogens with zero attached hydrogens (tertiary/aromatic N) is 2. The van der Waals surface area contributed by atoms with Crippen LogP contribution in [0.2, 0.25) is 0 Å². The van der Waals surface area contributed by atoms with Crippen molar-refractivity contribution in [2.45, 2.75) is 13.5 Å². The van der Waals surface area contributed by atoms with Crippen molar-refractivity contribution in [3.05, 3.63) is 22.2 Å². The van der Waals surface area contributed by atoms with Gasteiger partial charge in [0.05, 0.1) is 0 Å². The van der Waals surface area contributed by atoms with E-state index in [0.29, 0.717) is 6.54 Å². The lowest BCUT2D eigenvalue weighted by atomic mass is 10.3. The Morgan fingerprint density at radius 2 is 2.38 bits per heavy atom. The van der Waals surface area contributed by atoms with Crippen LogP contribution in [0.1, 0.15) is 17.3 Å². The van der Waals surface area contributed by atoms with Crippen LogP contribution >= 0.6 is 0 Å². The maximum atomic E-state index is 11.0. The molecule has 1 aromatic rings. The number of aryl methyl sites for hydroxylation is 1. The van der Waals surface area contributed by atoms with E-state index < -0.39 is 11.7 Å². The molecule has 0 spiro atoms. The number of carboxylic acids is 1. The van der Waals surface area contributed by atoms with Crippen molar-refractivity contribution in [1.82, 2.24) is 9.55 Å². The summed E-state index contributed by atoms with van der Waals surface area (Å²) in [5.74, 6) is -1.44. The highest BCUT2D eigenvalue weighted by atomic mass is 16.4. The Balaban J connectivity index is 3.39. The third-order valence-corrected chi connectivity index (χ3v) is 1.59. The Bertz CT molecular complexity index is 396. The van der Waals surface area contributed by atoms with Crippen LogP contribution in [0.4, 0.5) is 5.82 Å². The van der Waals surface area contributed by atoms with Gasteiger partial charge in [0.25, 0.3) is 0 Å². The Labute approximate surface area is 73.6 Å². The third-order valence-electron chi connectivity index (χ3n) is 1.59. The predicted molar refractivity (Wildman–Crippen MR) is 45.5 cm³/mol. The summed E-state index contributed by atoms with van der Waals surface area (Å²) >= 11 is 0. The molecule has 0 saturated carbocycles. The first-order valence-corrected chi connectivity index (χ1v) is 3.66. The summed E-state index contributed by atoms with van der Waals surface area (Å²) in [6.45, 7) is 2.08. The summed E-state index contributed by atoms with van der Waals surface area (Å²) in [6, 6.07) is 0. The fraction of sp³-hybridized carbons (Fsp3) is 0.286. The second kappa shape index (κ2) is 3.26. The highest BCUT2D eigenvalue weighted by Gasteiger charge is 2.11. The molecule has 13 heavy (non-hydrogen) atoms. The van der Waals surface area contributed by atoms with Crippen LogP contribution in [0.3, 0.4) is 0 Å². The molecule has 1 heterocycles. The van der Waals surface area contributed by atoms with Crippen LogP contribution in [0.15, 0.2) is 11.0 Å². The normalized spacial score (nSPS) is 9.92. The van der Waals surface area contributed by atoms with Gasteiger partial charge < -0.3 is 10.8 Å². The highest BCUT2D eigenvalue weighted by molar-refractivity contribution is 5.91. The van der Waals surface area contributed by atoms with E-state index >= 15 is 0 Å². The Kier molecular flexibility index (Phi) is 2.32. The lowest BCUT2D eigenvalue weighted by molar-refractivity contribution is 0.0696. The number of carbonyl (C=O) groups is 1. The summed E-state index contributed by atoms with van der Waals surface area (Å²) < 4.78 is 1.18. The maximum Gasteiger partial charge on any atom is 0.349 e. The van der Waals surface area contributed by atoms with Gasteiger partial charge in [0, 0.05) is 12.7 Å². The quantitative estimate of drug-likeness (QED) is 0.646. The van der Waals surface area contributed by atoms with E-state index in [0.717, 1.165) is 0 Å². The molecular formula is C7H9N3O3. The van der Waals surface area contributed by atoms with E-state index in [4.69, 9.17) is 10.8 Å². The van der Waals surface area contributed by atoms with Crippen LogP contribution < -0.4 is 11.4 Å². The number of nitrogens with two attached hydrogens (primary N) is 1. The molecule has 0 aliphatic carbocycles. The van der Waals surface area contributed by atoms with Gasteiger partial charge in [-0.3, -0.25) is 4.57 Å². The molecule has 0 aliphatic rings. The fourth-order valence-electron chi connectivity index (χ4n) is 0.896. The predicted octanol–water partition coefficient (Wildman–Crippen LogP) is -0.456. The Morgan fingerprint density at radius 3 is 2.85 bits per heavy atom. The monoisotopic (exact) mass is 183 g/mol. The topological polar surface area (TPSA) is 98.2 Å². The first-order chi connectivity index (χ1) is 6.06. The molecule has 6 nitrogen and oxygen atoms in total. The minimum absolute atomic E-state index is 0.151. The number of aromatic carboxylic acids is 1. The molecule has 0 aliphatic heterocycles. The van der Waals surface area contributed by atoms with E-state index in [9.17, 15) is 9.59 Å². The minimum atomic E-state index is -1.19. The van der Waals surface area contributed by atoms with Crippen LogP contribution in [-0.4, -0.2) is 20.6 Å². The zero-order chi connectivity index (χ0) is 10.0. The number of nitrogen functional groups attached to an aromatic ring is 1.